The van der Waals surface area contributed by atoms with E-state index < -0.39 is 0 Å². The highest BCUT2D eigenvalue weighted by atomic mass is 32.1. The van der Waals surface area contributed by atoms with Crippen LogP contribution in [0.15, 0.2) is 30.3 Å². The van der Waals surface area contributed by atoms with E-state index in [2.05, 4.69) is 23.1 Å². The number of rotatable bonds is 3. The van der Waals surface area contributed by atoms with Crippen LogP contribution in [0.25, 0.3) is 0 Å². The lowest BCUT2D eigenvalue weighted by atomic mass is 9.86. The molecular formula is C14H21N3S. The third kappa shape index (κ3) is 3.88. The van der Waals surface area contributed by atoms with Gasteiger partial charge < -0.3 is 5.32 Å². The topological polar surface area (TPSA) is 36.1 Å². The number of nitrogens with one attached hydrogen (secondary N) is 3. The first-order chi connectivity index (χ1) is 8.75. The molecule has 0 unspecified atom stereocenters. The summed E-state index contributed by atoms with van der Waals surface area (Å²) in [4.78, 5) is 0. The number of hydrogen-bond donors (Lipinski definition) is 3. The fourth-order valence-corrected chi connectivity index (χ4v) is 2.59. The summed E-state index contributed by atoms with van der Waals surface area (Å²) < 4.78 is 0. The Balaban J connectivity index is 1.75. The molecule has 1 aliphatic rings. The van der Waals surface area contributed by atoms with Crippen molar-refractivity contribution in [1.82, 2.24) is 10.7 Å². The Kier molecular flexibility index (Phi) is 4.81. The minimum Gasteiger partial charge on any atom is -0.358 e. The SMILES string of the molecule is C[C@H]1CCCC[C@H]1NC(=S)NNc1ccccc1. The van der Waals surface area contributed by atoms with E-state index in [-0.39, 0.29) is 0 Å². The second-order valence-corrected chi connectivity index (χ2v) is 5.37. The van der Waals surface area contributed by atoms with E-state index >= 15 is 0 Å². The predicted octanol–water partition coefficient (Wildman–Crippen LogP) is 3.06. The molecule has 0 aliphatic heterocycles. The van der Waals surface area contributed by atoms with Crippen LogP contribution in [0, 0.1) is 5.92 Å². The van der Waals surface area contributed by atoms with Crippen molar-refractivity contribution in [3.63, 3.8) is 0 Å². The maximum Gasteiger partial charge on any atom is 0.185 e. The third-order valence-electron chi connectivity index (χ3n) is 3.52. The zero-order valence-electron chi connectivity index (χ0n) is 10.8. The Morgan fingerprint density at radius 3 is 2.61 bits per heavy atom. The Bertz CT molecular complexity index is 380. The summed E-state index contributed by atoms with van der Waals surface area (Å²) in [5, 5.41) is 4.08. The van der Waals surface area contributed by atoms with Gasteiger partial charge >= 0.3 is 0 Å². The lowest BCUT2D eigenvalue weighted by molar-refractivity contribution is 0.308. The molecule has 0 radical (unpaired) electrons. The monoisotopic (exact) mass is 263 g/mol. The molecule has 0 aromatic heterocycles. The Morgan fingerprint density at radius 1 is 1.17 bits per heavy atom. The molecule has 18 heavy (non-hydrogen) atoms. The van der Waals surface area contributed by atoms with E-state index in [0.29, 0.717) is 17.1 Å². The molecule has 0 amide bonds. The molecule has 3 nitrogen and oxygen atoms in total. The second kappa shape index (κ2) is 6.59. The molecular weight excluding hydrogens is 242 g/mol. The summed E-state index contributed by atoms with van der Waals surface area (Å²) >= 11 is 5.30. The summed E-state index contributed by atoms with van der Waals surface area (Å²) in [5.74, 6) is 0.704. The fraction of sp³-hybridized carbons (Fsp3) is 0.500. The maximum atomic E-state index is 5.30. The van der Waals surface area contributed by atoms with Crippen molar-refractivity contribution < 1.29 is 0 Å². The van der Waals surface area contributed by atoms with E-state index in [1.807, 2.05) is 30.3 Å². The van der Waals surface area contributed by atoms with Crippen molar-refractivity contribution in [2.24, 2.45) is 5.92 Å². The van der Waals surface area contributed by atoms with E-state index in [4.69, 9.17) is 12.2 Å². The summed E-state index contributed by atoms with van der Waals surface area (Å²) in [5.41, 5.74) is 7.14. The van der Waals surface area contributed by atoms with Crippen molar-refractivity contribution in [3.05, 3.63) is 30.3 Å². The van der Waals surface area contributed by atoms with Gasteiger partial charge in [-0.05, 0) is 43.1 Å². The molecule has 98 valence electrons. The largest absolute Gasteiger partial charge is 0.358 e. The van der Waals surface area contributed by atoms with Gasteiger partial charge in [0.25, 0.3) is 0 Å². The Labute approximate surface area is 114 Å². The minimum atomic E-state index is 0.510. The van der Waals surface area contributed by atoms with Gasteiger partial charge in [-0.1, -0.05) is 38.0 Å². The smallest absolute Gasteiger partial charge is 0.185 e. The molecule has 3 N–H and O–H groups in total. The van der Waals surface area contributed by atoms with Crippen molar-refractivity contribution in [2.45, 2.75) is 38.6 Å². The lowest BCUT2D eigenvalue weighted by Crippen LogP contribution is -2.47. The molecule has 0 saturated heterocycles. The molecule has 0 bridgehead atoms. The van der Waals surface area contributed by atoms with E-state index in [1.165, 1.54) is 25.7 Å². The van der Waals surface area contributed by atoms with Gasteiger partial charge in [0.2, 0.25) is 0 Å². The number of hydrogen-bond acceptors (Lipinski definition) is 2. The first-order valence-electron chi connectivity index (χ1n) is 6.63. The van der Waals surface area contributed by atoms with Crippen molar-refractivity contribution in [2.75, 3.05) is 5.43 Å². The fourth-order valence-electron chi connectivity index (χ4n) is 2.39. The number of anilines is 1. The molecule has 1 saturated carbocycles. The summed E-state index contributed by atoms with van der Waals surface area (Å²) in [6, 6.07) is 10.5. The molecule has 4 heteroatoms. The summed E-state index contributed by atoms with van der Waals surface area (Å²) in [6.45, 7) is 2.30. The predicted molar refractivity (Wildman–Crippen MR) is 80.4 cm³/mol. The van der Waals surface area contributed by atoms with Crippen LogP contribution in [0.5, 0.6) is 0 Å². The van der Waals surface area contributed by atoms with Gasteiger partial charge in [0.15, 0.2) is 5.11 Å². The lowest BCUT2D eigenvalue weighted by Gasteiger charge is -2.30. The molecule has 2 atom stereocenters. The molecule has 1 aromatic rings. The van der Waals surface area contributed by atoms with Crippen molar-refractivity contribution >= 4 is 23.0 Å². The highest BCUT2D eigenvalue weighted by Gasteiger charge is 2.21. The zero-order chi connectivity index (χ0) is 12.8. The van der Waals surface area contributed by atoms with Gasteiger partial charge in [-0.3, -0.25) is 10.9 Å². The van der Waals surface area contributed by atoms with Gasteiger partial charge in [-0.2, -0.15) is 0 Å². The van der Waals surface area contributed by atoms with Gasteiger partial charge in [-0.25, -0.2) is 0 Å². The van der Waals surface area contributed by atoms with E-state index in [1.54, 1.807) is 0 Å². The van der Waals surface area contributed by atoms with Gasteiger partial charge in [0, 0.05) is 6.04 Å². The van der Waals surface area contributed by atoms with Crippen LogP contribution in [0.1, 0.15) is 32.6 Å². The average Bonchev–Trinajstić information content (AvgIpc) is 2.40. The molecule has 0 heterocycles. The normalized spacial score (nSPS) is 23.2. The minimum absolute atomic E-state index is 0.510. The van der Waals surface area contributed by atoms with Crippen molar-refractivity contribution in [1.29, 1.82) is 0 Å². The highest BCUT2D eigenvalue weighted by molar-refractivity contribution is 7.80. The quantitative estimate of drug-likeness (QED) is 0.578. The standard InChI is InChI=1S/C14H21N3S/c1-11-7-5-6-10-13(11)15-14(18)17-16-12-8-3-2-4-9-12/h2-4,8-9,11,13,16H,5-7,10H2,1H3,(H2,15,17,18)/t11-,13+/m0/s1. The number of hydrazine groups is 1. The molecule has 0 spiro atoms. The van der Waals surface area contributed by atoms with Gasteiger partial charge in [-0.15, -0.1) is 0 Å². The van der Waals surface area contributed by atoms with Crippen LogP contribution in [-0.2, 0) is 0 Å². The number of thiocarbonyl (C=S) groups is 1. The Hall–Kier alpha value is -1.29. The van der Waals surface area contributed by atoms with Gasteiger partial charge in [0.05, 0.1) is 5.69 Å². The van der Waals surface area contributed by atoms with Crippen LogP contribution < -0.4 is 16.2 Å². The first-order valence-corrected chi connectivity index (χ1v) is 7.04. The molecule has 1 fully saturated rings. The third-order valence-corrected chi connectivity index (χ3v) is 3.74. The Morgan fingerprint density at radius 2 is 1.89 bits per heavy atom. The zero-order valence-corrected chi connectivity index (χ0v) is 11.6. The highest BCUT2D eigenvalue weighted by Crippen LogP contribution is 2.23. The summed E-state index contributed by atoms with van der Waals surface area (Å²) in [7, 11) is 0. The maximum absolute atomic E-state index is 5.30. The molecule has 1 aliphatic carbocycles. The van der Waals surface area contributed by atoms with Crippen LogP contribution in [0.4, 0.5) is 5.69 Å². The van der Waals surface area contributed by atoms with E-state index in [0.717, 1.165) is 5.69 Å². The molecule has 1 aromatic carbocycles. The number of para-hydroxylation sites is 1. The van der Waals surface area contributed by atoms with Gasteiger partial charge in [0.1, 0.15) is 0 Å². The number of benzene rings is 1. The average molecular weight is 263 g/mol. The van der Waals surface area contributed by atoms with E-state index in [9.17, 15) is 0 Å². The van der Waals surface area contributed by atoms with Crippen LogP contribution in [0.3, 0.4) is 0 Å². The van der Waals surface area contributed by atoms with Crippen LogP contribution >= 0.6 is 12.2 Å². The first kappa shape index (κ1) is 13.1. The summed E-state index contributed by atoms with van der Waals surface area (Å²) in [6.07, 6.45) is 5.17. The van der Waals surface area contributed by atoms with Crippen LogP contribution in [-0.4, -0.2) is 11.2 Å². The molecule has 2 rings (SSSR count). The van der Waals surface area contributed by atoms with Crippen molar-refractivity contribution in [3.8, 4) is 0 Å². The second-order valence-electron chi connectivity index (χ2n) is 4.96. The van der Waals surface area contributed by atoms with Crippen LogP contribution in [0.2, 0.25) is 0 Å².